The maximum atomic E-state index is 12.8. The van der Waals surface area contributed by atoms with Crippen LogP contribution >= 0.6 is 0 Å². The summed E-state index contributed by atoms with van der Waals surface area (Å²) in [6.45, 7) is 1.10. The van der Waals surface area contributed by atoms with E-state index in [-0.39, 0.29) is 12.5 Å². The largest absolute Gasteiger partial charge is 0.338 e. The molecule has 1 fully saturated rings. The number of pyridine rings is 1. The predicted octanol–water partition coefficient (Wildman–Crippen LogP) is 2.45. The van der Waals surface area contributed by atoms with E-state index in [0.29, 0.717) is 6.04 Å². The van der Waals surface area contributed by atoms with Crippen LogP contribution in [-0.4, -0.2) is 43.4 Å². The smallest absolute Gasteiger partial charge is 0.244 e. The molecule has 128 valence electrons. The van der Waals surface area contributed by atoms with Crippen molar-refractivity contribution in [3.05, 3.63) is 54.4 Å². The van der Waals surface area contributed by atoms with E-state index in [1.54, 1.807) is 4.68 Å². The van der Waals surface area contributed by atoms with Crippen molar-refractivity contribution >= 4 is 16.9 Å². The van der Waals surface area contributed by atoms with Crippen LogP contribution in [0.1, 0.15) is 24.8 Å². The molecule has 0 bridgehead atoms. The van der Waals surface area contributed by atoms with Crippen LogP contribution < -0.4 is 0 Å². The Kier molecular flexibility index (Phi) is 4.41. The average Bonchev–Trinajstić information content (AvgIpc) is 3.28. The third-order valence-corrected chi connectivity index (χ3v) is 4.92. The fourth-order valence-corrected chi connectivity index (χ4v) is 3.60. The van der Waals surface area contributed by atoms with Crippen molar-refractivity contribution in [3.63, 3.8) is 0 Å². The fourth-order valence-electron chi connectivity index (χ4n) is 3.60. The Morgan fingerprint density at radius 3 is 2.88 bits per heavy atom. The van der Waals surface area contributed by atoms with E-state index in [9.17, 15) is 4.79 Å². The van der Waals surface area contributed by atoms with Crippen LogP contribution in [0.4, 0.5) is 0 Å². The molecule has 1 unspecified atom stereocenters. The number of fused-ring (bicyclic) bond motifs is 1. The van der Waals surface area contributed by atoms with E-state index >= 15 is 0 Å². The summed E-state index contributed by atoms with van der Waals surface area (Å²) < 4.78 is 1.70. The van der Waals surface area contributed by atoms with E-state index in [1.165, 1.54) is 5.56 Å². The van der Waals surface area contributed by atoms with Gasteiger partial charge in [0.1, 0.15) is 12.1 Å². The summed E-state index contributed by atoms with van der Waals surface area (Å²) in [4.78, 5) is 18.9. The van der Waals surface area contributed by atoms with Crippen LogP contribution in [-0.2, 0) is 17.8 Å². The monoisotopic (exact) mass is 335 g/mol. The van der Waals surface area contributed by atoms with Gasteiger partial charge in [-0.05, 0) is 55.5 Å². The molecule has 0 spiro atoms. The number of aromatic nitrogens is 4. The van der Waals surface area contributed by atoms with Crippen molar-refractivity contribution in [2.24, 2.45) is 0 Å². The van der Waals surface area contributed by atoms with Crippen LogP contribution in [0.25, 0.3) is 11.0 Å². The lowest BCUT2D eigenvalue weighted by molar-refractivity contribution is -0.132. The third kappa shape index (κ3) is 3.38. The molecule has 0 N–H and O–H groups in total. The first-order valence-electron chi connectivity index (χ1n) is 8.78. The van der Waals surface area contributed by atoms with Gasteiger partial charge in [-0.25, -0.2) is 4.68 Å². The van der Waals surface area contributed by atoms with Gasteiger partial charge in [0.2, 0.25) is 5.91 Å². The van der Waals surface area contributed by atoms with Crippen LogP contribution in [0.3, 0.4) is 0 Å². The van der Waals surface area contributed by atoms with Gasteiger partial charge in [0.05, 0.1) is 5.52 Å². The number of para-hydroxylation sites is 1. The topological polar surface area (TPSA) is 63.9 Å². The van der Waals surface area contributed by atoms with E-state index in [2.05, 4.69) is 15.3 Å². The maximum absolute atomic E-state index is 12.8. The Hall–Kier alpha value is -2.76. The zero-order chi connectivity index (χ0) is 17.1. The number of rotatable bonds is 5. The van der Waals surface area contributed by atoms with Gasteiger partial charge < -0.3 is 4.90 Å². The van der Waals surface area contributed by atoms with Gasteiger partial charge >= 0.3 is 0 Å². The molecule has 3 aromatic rings. The second kappa shape index (κ2) is 7.01. The lowest BCUT2D eigenvalue weighted by Gasteiger charge is -2.24. The summed E-state index contributed by atoms with van der Waals surface area (Å²) in [5.74, 6) is 0.132. The normalized spacial score (nSPS) is 17.3. The minimum Gasteiger partial charge on any atom is -0.338 e. The van der Waals surface area contributed by atoms with E-state index in [1.807, 2.05) is 53.7 Å². The van der Waals surface area contributed by atoms with Crippen LogP contribution in [0.15, 0.2) is 48.8 Å². The lowest BCUT2D eigenvalue weighted by Crippen LogP contribution is -2.38. The summed E-state index contributed by atoms with van der Waals surface area (Å²) in [5.41, 5.74) is 3.01. The zero-order valence-electron chi connectivity index (χ0n) is 14.1. The number of carbonyl (C=O) groups excluding carboxylic acids is 1. The first-order valence-corrected chi connectivity index (χ1v) is 8.78. The van der Waals surface area contributed by atoms with Crippen molar-refractivity contribution in [1.82, 2.24) is 24.9 Å². The number of hydrogen-bond donors (Lipinski definition) is 0. The predicted molar refractivity (Wildman–Crippen MR) is 94.8 cm³/mol. The molecule has 0 aliphatic carbocycles. The quantitative estimate of drug-likeness (QED) is 0.718. The minimum absolute atomic E-state index is 0.132. The molecule has 6 heteroatoms. The number of carbonyl (C=O) groups is 1. The van der Waals surface area contributed by atoms with Gasteiger partial charge in [0, 0.05) is 25.0 Å². The van der Waals surface area contributed by atoms with Gasteiger partial charge in [-0.15, -0.1) is 5.10 Å². The van der Waals surface area contributed by atoms with E-state index < -0.39 is 0 Å². The number of amides is 1. The van der Waals surface area contributed by atoms with Gasteiger partial charge in [-0.1, -0.05) is 17.3 Å². The molecule has 6 nitrogen and oxygen atoms in total. The summed E-state index contributed by atoms with van der Waals surface area (Å²) in [6.07, 6.45) is 7.77. The second-order valence-corrected chi connectivity index (χ2v) is 6.51. The SMILES string of the molecule is O=C(Cn1nnc2ccccc21)N1CCCC1CCc1ccncc1. The molecule has 3 heterocycles. The van der Waals surface area contributed by atoms with Crippen molar-refractivity contribution in [3.8, 4) is 0 Å². The third-order valence-electron chi connectivity index (χ3n) is 4.92. The summed E-state index contributed by atoms with van der Waals surface area (Å²) in [7, 11) is 0. The van der Waals surface area contributed by atoms with E-state index in [4.69, 9.17) is 0 Å². The molecule has 1 amide bonds. The molecule has 1 saturated heterocycles. The van der Waals surface area contributed by atoms with Crippen LogP contribution in [0.2, 0.25) is 0 Å². The highest BCUT2D eigenvalue weighted by atomic mass is 16.2. The van der Waals surface area contributed by atoms with E-state index in [0.717, 1.165) is 43.3 Å². The summed E-state index contributed by atoms with van der Waals surface area (Å²) in [5, 5.41) is 8.27. The Bertz CT molecular complexity index is 860. The van der Waals surface area contributed by atoms with Gasteiger partial charge in [-0.3, -0.25) is 9.78 Å². The molecule has 1 aromatic carbocycles. The molecule has 25 heavy (non-hydrogen) atoms. The number of likely N-dealkylation sites (tertiary alicyclic amines) is 1. The second-order valence-electron chi connectivity index (χ2n) is 6.51. The number of aryl methyl sites for hydroxylation is 1. The molecule has 1 atom stereocenters. The van der Waals surface area contributed by atoms with Crippen LogP contribution in [0.5, 0.6) is 0 Å². The molecular weight excluding hydrogens is 314 g/mol. The van der Waals surface area contributed by atoms with Gasteiger partial charge in [0.25, 0.3) is 0 Å². The molecule has 4 rings (SSSR count). The first kappa shape index (κ1) is 15.7. The number of nitrogens with zero attached hydrogens (tertiary/aromatic N) is 5. The minimum atomic E-state index is 0.132. The molecule has 0 saturated carbocycles. The molecule has 2 aromatic heterocycles. The molecule has 1 aliphatic heterocycles. The average molecular weight is 335 g/mol. The van der Waals surface area contributed by atoms with Crippen molar-refractivity contribution in [2.45, 2.75) is 38.3 Å². The zero-order valence-corrected chi connectivity index (χ0v) is 14.1. The highest BCUT2D eigenvalue weighted by Gasteiger charge is 2.28. The summed E-state index contributed by atoms with van der Waals surface area (Å²) >= 11 is 0. The van der Waals surface area contributed by atoms with Gasteiger partial charge in [-0.2, -0.15) is 0 Å². The Morgan fingerprint density at radius 1 is 1.16 bits per heavy atom. The summed E-state index contributed by atoms with van der Waals surface area (Å²) in [6, 6.07) is 12.1. The number of hydrogen-bond acceptors (Lipinski definition) is 4. The molecule has 1 aliphatic rings. The van der Waals surface area contributed by atoms with Crippen molar-refractivity contribution in [1.29, 1.82) is 0 Å². The Morgan fingerprint density at radius 2 is 2.00 bits per heavy atom. The Balaban J connectivity index is 1.42. The molecule has 0 radical (unpaired) electrons. The first-order chi connectivity index (χ1) is 12.3. The van der Waals surface area contributed by atoms with Crippen LogP contribution in [0, 0.1) is 0 Å². The number of benzene rings is 1. The maximum Gasteiger partial charge on any atom is 0.244 e. The molecular formula is C19H21N5O. The van der Waals surface area contributed by atoms with Crippen molar-refractivity contribution < 1.29 is 4.79 Å². The highest BCUT2D eigenvalue weighted by Crippen LogP contribution is 2.22. The lowest BCUT2D eigenvalue weighted by atomic mass is 10.0. The van der Waals surface area contributed by atoms with Crippen molar-refractivity contribution in [2.75, 3.05) is 6.54 Å². The fraction of sp³-hybridized carbons (Fsp3) is 0.368. The Labute approximate surface area is 146 Å². The highest BCUT2D eigenvalue weighted by molar-refractivity contribution is 5.80. The van der Waals surface area contributed by atoms with Gasteiger partial charge in [0.15, 0.2) is 0 Å². The standard InChI is InChI=1S/C19H21N5O/c25-19(14-24-18-6-2-1-5-17(18)21-22-24)23-13-3-4-16(23)8-7-15-9-11-20-12-10-15/h1-2,5-6,9-12,16H,3-4,7-8,13-14H2.